The van der Waals surface area contributed by atoms with Crippen molar-refractivity contribution < 1.29 is 19.1 Å². The fourth-order valence-electron chi connectivity index (χ4n) is 0.929. The van der Waals surface area contributed by atoms with Gasteiger partial charge in [-0.1, -0.05) is 0 Å². The highest BCUT2D eigenvalue weighted by molar-refractivity contribution is 7.98. The van der Waals surface area contributed by atoms with Crippen molar-refractivity contribution in [1.29, 1.82) is 0 Å². The van der Waals surface area contributed by atoms with Crippen molar-refractivity contribution >= 4 is 23.8 Å². The average molecular weight is 235 g/mol. The van der Waals surface area contributed by atoms with Crippen molar-refractivity contribution in [3.63, 3.8) is 0 Å². The zero-order valence-corrected chi connectivity index (χ0v) is 10.1. The predicted molar refractivity (Wildman–Crippen MR) is 59.0 cm³/mol. The summed E-state index contributed by atoms with van der Waals surface area (Å²) in [4.78, 5) is 22.3. The molecule has 0 rings (SSSR count). The molecular formula is C9H17NO4S. The average Bonchev–Trinajstić information content (AvgIpc) is 2.24. The molecule has 0 heterocycles. The summed E-state index contributed by atoms with van der Waals surface area (Å²) in [5.41, 5.74) is 0. The van der Waals surface area contributed by atoms with Gasteiger partial charge in [0.2, 0.25) is 0 Å². The monoisotopic (exact) mass is 235 g/mol. The normalized spacial score (nSPS) is 11.7. The van der Waals surface area contributed by atoms with Crippen LogP contribution in [0.2, 0.25) is 0 Å². The molecular weight excluding hydrogens is 218 g/mol. The second-order valence-electron chi connectivity index (χ2n) is 2.72. The van der Waals surface area contributed by atoms with Gasteiger partial charge in [-0.05, 0) is 25.4 Å². The van der Waals surface area contributed by atoms with E-state index in [1.807, 2.05) is 6.26 Å². The minimum Gasteiger partial charge on any atom is -0.464 e. The quantitative estimate of drug-likeness (QED) is 0.696. The maximum Gasteiger partial charge on any atom is 0.407 e. The lowest BCUT2D eigenvalue weighted by Crippen LogP contribution is -2.42. The van der Waals surface area contributed by atoms with E-state index in [1.54, 1.807) is 18.7 Å². The lowest BCUT2D eigenvalue weighted by molar-refractivity contribution is -0.145. The lowest BCUT2D eigenvalue weighted by atomic mass is 10.2. The molecule has 0 spiro atoms. The first kappa shape index (κ1) is 14.1. The lowest BCUT2D eigenvalue weighted by Gasteiger charge is -2.15. The van der Waals surface area contributed by atoms with Crippen LogP contribution in [0.1, 0.15) is 13.3 Å². The van der Waals surface area contributed by atoms with Crippen LogP contribution in [0.25, 0.3) is 0 Å². The summed E-state index contributed by atoms with van der Waals surface area (Å²) in [5.74, 6) is 0.352. The van der Waals surface area contributed by atoms with Crippen LogP contribution in [0.3, 0.4) is 0 Å². The second kappa shape index (κ2) is 8.40. The van der Waals surface area contributed by atoms with Crippen LogP contribution in [0.5, 0.6) is 0 Å². The van der Waals surface area contributed by atoms with Crippen LogP contribution in [0.4, 0.5) is 4.79 Å². The predicted octanol–water partition coefficient (Wildman–Crippen LogP) is 1.03. The summed E-state index contributed by atoms with van der Waals surface area (Å²) < 4.78 is 9.25. The molecule has 6 heteroatoms. The van der Waals surface area contributed by atoms with Crippen molar-refractivity contribution in [3.05, 3.63) is 0 Å². The summed E-state index contributed by atoms with van der Waals surface area (Å²) in [5, 5.41) is 2.44. The standard InChI is InChI=1S/C9H17NO4S/c1-4-14-8(11)7(5-6-15-3)10-9(12)13-2/h7H,4-6H2,1-3H3,(H,10,12). The van der Waals surface area contributed by atoms with Crippen LogP contribution in [0.15, 0.2) is 0 Å². The van der Waals surface area contributed by atoms with E-state index < -0.39 is 18.1 Å². The number of methoxy groups -OCH3 is 1. The minimum absolute atomic E-state index is 0.303. The molecule has 0 aromatic carbocycles. The summed E-state index contributed by atoms with van der Waals surface area (Å²) >= 11 is 1.60. The number of ether oxygens (including phenoxy) is 2. The zero-order chi connectivity index (χ0) is 11.7. The van der Waals surface area contributed by atoms with Crippen LogP contribution in [-0.2, 0) is 14.3 Å². The van der Waals surface area contributed by atoms with Gasteiger partial charge in [-0.2, -0.15) is 11.8 Å². The van der Waals surface area contributed by atoms with Crippen molar-refractivity contribution in [2.45, 2.75) is 19.4 Å². The second-order valence-corrected chi connectivity index (χ2v) is 3.71. The molecule has 0 radical (unpaired) electrons. The Morgan fingerprint density at radius 3 is 2.60 bits per heavy atom. The van der Waals surface area contributed by atoms with Gasteiger partial charge in [-0.15, -0.1) is 0 Å². The number of amides is 1. The number of hydrogen-bond donors (Lipinski definition) is 1. The number of rotatable bonds is 6. The van der Waals surface area contributed by atoms with E-state index in [0.717, 1.165) is 5.75 Å². The number of thioether (sulfide) groups is 1. The van der Waals surface area contributed by atoms with Crippen LogP contribution in [0, 0.1) is 0 Å². The molecule has 1 N–H and O–H groups in total. The Morgan fingerprint density at radius 2 is 2.13 bits per heavy atom. The van der Waals surface area contributed by atoms with E-state index in [4.69, 9.17) is 4.74 Å². The largest absolute Gasteiger partial charge is 0.464 e. The number of alkyl carbamates (subject to hydrolysis) is 1. The van der Waals surface area contributed by atoms with Gasteiger partial charge in [0.25, 0.3) is 0 Å². The molecule has 0 aromatic heterocycles. The van der Waals surface area contributed by atoms with Gasteiger partial charge >= 0.3 is 12.1 Å². The van der Waals surface area contributed by atoms with E-state index in [9.17, 15) is 9.59 Å². The molecule has 0 saturated carbocycles. The maximum absolute atomic E-state index is 11.4. The molecule has 5 nitrogen and oxygen atoms in total. The van der Waals surface area contributed by atoms with Crippen LogP contribution >= 0.6 is 11.8 Å². The molecule has 0 aromatic rings. The molecule has 1 amide bonds. The van der Waals surface area contributed by atoms with Crippen LogP contribution in [-0.4, -0.2) is 43.8 Å². The number of hydrogen-bond acceptors (Lipinski definition) is 5. The van der Waals surface area contributed by atoms with E-state index in [0.29, 0.717) is 13.0 Å². The SMILES string of the molecule is CCOC(=O)C(CCSC)NC(=O)OC. The van der Waals surface area contributed by atoms with E-state index >= 15 is 0 Å². The van der Waals surface area contributed by atoms with Crippen molar-refractivity contribution in [2.24, 2.45) is 0 Å². The van der Waals surface area contributed by atoms with Gasteiger partial charge in [0, 0.05) is 0 Å². The summed E-state index contributed by atoms with van der Waals surface area (Å²) in [7, 11) is 1.26. The third kappa shape index (κ3) is 6.22. The Hall–Kier alpha value is -0.910. The highest BCUT2D eigenvalue weighted by atomic mass is 32.2. The van der Waals surface area contributed by atoms with Crippen molar-refractivity contribution in [3.8, 4) is 0 Å². The summed E-state index contributed by atoms with van der Waals surface area (Å²) in [6.45, 7) is 2.03. The molecule has 88 valence electrons. The molecule has 0 fully saturated rings. The first-order valence-corrected chi connectivity index (χ1v) is 6.05. The third-order valence-corrected chi connectivity index (χ3v) is 2.30. The first-order valence-electron chi connectivity index (χ1n) is 4.65. The molecule has 1 atom stereocenters. The van der Waals surface area contributed by atoms with Crippen LogP contribution < -0.4 is 5.32 Å². The molecule has 0 bridgehead atoms. The van der Waals surface area contributed by atoms with E-state index in [-0.39, 0.29) is 0 Å². The Bertz CT molecular complexity index is 210. The number of carbonyl (C=O) groups is 2. The molecule has 0 aliphatic heterocycles. The fourth-order valence-corrected chi connectivity index (χ4v) is 1.40. The minimum atomic E-state index is -0.621. The third-order valence-electron chi connectivity index (χ3n) is 1.66. The topological polar surface area (TPSA) is 64.6 Å². The van der Waals surface area contributed by atoms with E-state index in [1.165, 1.54) is 7.11 Å². The number of nitrogens with one attached hydrogen (secondary N) is 1. The first-order chi connectivity index (χ1) is 7.15. The molecule has 0 aliphatic rings. The summed E-state index contributed by atoms with van der Waals surface area (Å²) in [6.07, 6.45) is 1.85. The molecule has 0 aliphatic carbocycles. The van der Waals surface area contributed by atoms with Gasteiger partial charge < -0.3 is 14.8 Å². The van der Waals surface area contributed by atoms with Gasteiger partial charge in [0.05, 0.1) is 13.7 Å². The van der Waals surface area contributed by atoms with Gasteiger partial charge in [-0.25, -0.2) is 9.59 Å². The Kier molecular flexibility index (Phi) is 7.89. The zero-order valence-electron chi connectivity index (χ0n) is 9.24. The van der Waals surface area contributed by atoms with Gasteiger partial charge in [-0.3, -0.25) is 0 Å². The smallest absolute Gasteiger partial charge is 0.407 e. The molecule has 15 heavy (non-hydrogen) atoms. The van der Waals surface area contributed by atoms with Gasteiger partial charge in [0.1, 0.15) is 6.04 Å². The Morgan fingerprint density at radius 1 is 1.47 bits per heavy atom. The van der Waals surface area contributed by atoms with Gasteiger partial charge in [0.15, 0.2) is 0 Å². The van der Waals surface area contributed by atoms with E-state index in [2.05, 4.69) is 10.1 Å². The highest BCUT2D eigenvalue weighted by Crippen LogP contribution is 2.03. The number of esters is 1. The van der Waals surface area contributed by atoms with Crippen molar-refractivity contribution in [2.75, 3.05) is 25.7 Å². The molecule has 0 saturated heterocycles. The maximum atomic E-state index is 11.4. The fraction of sp³-hybridized carbons (Fsp3) is 0.778. The number of carbonyl (C=O) groups excluding carboxylic acids is 2. The summed E-state index contributed by atoms with van der Waals surface area (Å²) in [6, 6.07) is -0.621. The highest BCUT2D eigenvalue weighted by Gasteiger charge is 2.21. The Balaban J connectivity index is 4.16. The molecule has 1 unspecified atom stereocenters. The Labute approximate surface area is 93.9 Å². The van der Waals surface area contributed by atoms with Crippen molar-refractivity contribution in [1.82, 2.24) is 5.32 Å².